The monoisotopic (exact) mass is 316 g/mol. The quantitative estimate of drug-likeness (QED) is 0.934. The van der Waals surface area contributed by atoms with Gasteiger partial charge in [-0.2, -0.15) is 0 Å². The molecule has 0 unspecified atom stereocenters. The van der Waals surface area contributed by atoms with Crippen molar-refractivity contribution in [3.05, 3.63) is 45.0 Å². The highest BCUT2D eigenvalue weighted by Crippen LogP contribution is 2.31. The minimum atomic E-state index is -0.231. The minimum Gasteiger partial charge on any atom is -0.351 e. The molecule has 1 N–H and O–H groups in total. The lowest BCUT2D eigenvalue weighted by molar-refractivity contribution is 0.0687. The summed E-state index contributed by atoms with van der Waals surface area (Å²) in [5.74, 6) is 0.554. The standard InChI is InChI=1S/C16H20N4O3/c1-4-11-10(3)17-14(18-15(11)21)12-6-5-7-20(12)16(22)13-8-9(2)19-23-13/h8,12H,4-7H2,1-3H3,(H,17,18,21)/t12-/m1/s1. The lowest BCUT2D eigenvalue weighted by atomic mass is 10.1. The average molecular weight is 316 g/mol. The summed E-state index contributed by atoms with van der Waals surface area (Å²) in [6.07, 6.45) is 2.27. The normalized spacial score (nSPS) is 17.7. The fourth-order valence-electron chi connectivity index (χ4n) is 3.11. The van der Waals surface area contributed by atoms with E-state index in [1.165, 1.54) is 0 Å². The molecular formula is C16H20N4O3. The molecule has 2 aromatic heterocycles. The second-order valence-electron chi connectivity index (χ2n) is 5.86. The third kappa shape index (κ3) is 2.78. The van der Waals surface area contributed by atoms with E-state index in [4.69, 9.17) is 4.52 Å². The molecular weight excluding hydrogens is 296 g/mol. The summed E-state index contributed by atoms with van der Waals surface area (Å²) in [6, 6.07) is 1.39. The van der Waals surface area contributed by atoms with E-state index in [1.807, 2.05) is 13.8 Å². The zero-order valence-electron chi connectivity index (χ0n) is 13.5. The second kappa shape index (κ2) is 5.98. The summed E-state index contributed by atoms with van der Waals surface area (Å²) in [4.78, 5) is 33.8. The molecule has 7 heteroatoms. The van der Waals surface area contributed by atoms with Gasteiger partial charge in [-0.25, -0.2) is 4.98 Å². The van der Waals surface area contributed by atoms with Gasteiger partial charge in [-0.1, -0.05) is 12.1 Å². The maximum absolute atomic E-state index is 12.6. The van der Waals surface area contributed by atoms with Crippen molar-refractivity contribution in [1.82, 2.24) is 20.0 Å². The summed E-state index contributed by atoms with van der Waals surface area (Å²) >= 11 is 0. The Morgan fingerprint density at radius 1 is 1.48 bits per heavy atom. The van der Waals surface area contributed by atoms with Crippen LogP contribution in [0.5, 0.6) is 0 Å². The molecule has 23 heavy (non-hydrogen) atoms. The number of carbonyl (C=O) groups excluding carboxylic acids is 1. The van der Waals surface area contributed by atoms with Gasteiger partial charge in [-0.3, -0.25) is 9.59 Å². The molecule has 0 bridgehead atoms. The SMILES string of the molecule is CCc1c(C)nc([C@H]2CCCN2C(=O)c2cc(C)no2)[nH]c1=O. The van der Waals surface area contributed by atoms with Gasteiger partial charge in [-0.05, 0) is 33.1 Å². The topological polar surface area (TPSA) is 92.1 Å². The lowest BCUT2D eigenvalue weighted by Crippen LogP contribution is -2.33. The molecule has 1 aliphatic heterocycles. The van der Waals surface area contributed by atoms with Gasteiger partial charge in [0.15, 0.2) is 0 Å². The van der Waals surface area contributed by atoms with Crippen molar-refractivity contribution in [2.24, 2.45) is 0 Å². The van der Waals surface area contributed by atoms with E-state index in [9.17, 15) is 9.59 Å². The zero-order valence-corrected chi connectivity index (χ0v) is 13.5. The number of aromatic nitrogens is 3. The molecule has 1 atom stereocenters. The van der Waals surface area contributed by atoms with E-state index >= 15 is 0 Å². The predicted octanol–water partition coefficient (Wildman–Crippen LogP) is 1.91. The molecule has 1 saturated heterocycles. The number of aromatic amines is 1. The number of rotatable bonds is 3. The molecule has 1 aliphatic rings. The predicted molar refractivity (Wildman–Crippen MR) is 83.2 cm³/mol. The van der Waals surface area contributed by atoms with Gasteiger partial charge in [-0.15, -0.1) is 0 Å². The van der Waals surface area contributed by atoms with Crippen LogP contribution in [0.2, 0.25) is 0 Å². The molecule has 0 saturated carbocycles. The maximum Gasteiger partial charge on any atom is 0.293 e. The van der Waals surface area contributed by atoms with Gasteiger partial charge in [0.05, 0.1) is 11.7 Å². The first-order valence-corrected chi connectivity index (χ1v) is 7.85. The van der Waals surface area contributed by atoms with Crippen molar-refractivity contribution in [1.29, 1.82) is 0 Å². The maximum atomic E-state index is 12.6. The fourth-order valence-corrected chi connectivity index (χ4v) is 3.11. The van der Waals surface area contributed by atoms with E-state index < -0.39 is 0 Å². The van der Waals surface area contributed by atoms with Crippen molar-refractivity contribution in [2.75, 3.05) is 6.54 Å². The van der Waals surface area contributed by atoms with Crippen LogP contribution < -0.4 is 5.56 Å². The van der Waals surface area contributed by atoms with E-state index in [0.29, 0.717) is 30.0 Å². The summed E-state index contributed by atoms with van der Waals surface area (Å²) in [7, 11) is 0. The number of nitrogens with zero attached hydrogens (tertiary/aromatic N) is 3. The summed E-state index contributed by atoms with van der Waals surface area (Å²) in [6.45, 7) is 6.14. The van der Waals surface area contributed by atoms with Crippen LogP contribution in [0.25, 0.3) is 0 Å². The van der Waals surface area contributed by atoms with Crippen LogP contribution in [-0.2, 0) is 6.42 Å². The van der Waals surface area contributed by atoms with Gasteiger partial charge < -0.3 is 14.4 Å². The zero-order chi connectivity index (χ0) is 16.6. The highest BCUT2D eigenvalue weighted by Gasteiger charge is 2.34. The molecule has 0 spiro atoms. The van der Waals surface area contributed by atoms with Crippen LogP contribution in [0.4, 0.5) is 0 Å². The van der Waals surface area contributed by atoms with Gasteiger partial charge in [0, 0.05) is 23.9 Å². The number of aryl methyl sites for hydroxylation is 2. The Morgan fingerprint density at radius 2 is 2.26 bits per heavy atom. The van der Waals surface area contributed by atoms with Crippen LogP contribution >= 0.6 is 0 Å². The Hall–Kier alpha value is -2.44. The molecule has 0 aromatic carbocycles. The average Bonchev–Trinajstić information content (AvgIpc) is 3.15. The Balaban J connectivity index is 1.93. The van der Waals surface area contributed by atoms with Crippen LogP contribution in [-0.4, -0.2) is 32.5 Å². The first-order chi connectivity index (χ1) is 11.0. The molecule has 2 aromatic rings. The van der Waals surface area contributed by atoms with Gasteiger partial charge in [0.2, 0.25) is 5.76 Å². The largest absolute Gasteiger partial charge is 0.351 e. The first kappa shape index (κ1) is 15.5. The number of carbonyl (C=O) groups is 1. The molecule has 7 nitrogen and oxygen atoms in total. The molecule has 122 valence electrons. The second-order valence-corrected chi connectivity index (χ2v) is 5.86. The number of amides is 1. The van der Waals surface area contributed by atoms with Crippen molar-refractivity contribution >= 4 is 5.91 Å². The van der Waals surface area contributed by atoms with Crippen LogP contribution in [0, 0.1) is 13.8 Å². The first-order valence-electron chi connectivity index (χ1n) is 7.85. The number of hydrogen-bond donors (Lipinski definition) is 1. The lowest BCUT2D eigenvalue weighted by Gasteiger charge is -2.23. The van der Waals surface area contributed by atoms with E-state index in [1.54, 1.807) is 17.9 Å². The van der Waals surface area contributed by atoms with Gasteiger partial charge >= 0.3 is 0 Å². The number of nitrogens with one attached hydrogen (secondary N) is 1. The minimum absolute atomic E-state index is 0.121. The highest BCUT2D eigenvalue weighted by atomic mass is 16.5. The smallest absolute Gasteiger partial charge is 0.293 e. The van der Waals surface area contributed by atoms with E-state index in [2.05, 4.69) is 15.1 Å². The molecule has 1 fully saturated rings. The Labute approximate surface area is 133 Å². The number of hydrogen-bond acceptors (Lipinski definition) is 5. The van der Waals surface area contributed by atoms with E-state index in [0.717, 1.165) is 18.5 Å². The summed E-state index contributed by atoms with van der Waals surface area (Å²) < 4.78 is 5.07. The summed E-state index contributed by atoms with van der Waals surface area (Å²) in [5, 5.41) is 3.76. The third-order valence-electron chi connectivity index (χ3n) is 4.26. The molecule has 3 heterocycles. The van der Waals surface area contributed by atoms with Gasteiger partial charge in [0.25, 0.3) is 11.5 Å². The Morgan fingerprint density at radius 3 is 2.87 bits per heavy atom. The fraction of sp³-hybridized carbons (Fsp3) is 0.500. The van der Waals surface area contributed by atoms with Crippen LogP contribution in [0.15, 0.2) is 15.4 Å². The number of likely N-dealkylation sites (tertiary alicyclic amines) is 1. The molecule has 3 rings (SSSR count). The van der Waals surface area contributed by atoms with Crippen molar-refractivity contribution < 1.29 is 9.32 Å². The van der Waals surface area contributed by atoms with Gasteiger partial charge in [0.1, 0.15) is 5.82 Å². The number of H-pyrrole nitrogens is 1. The van der Waals surface area contributed by atoms with Crippen molar-refractivity contribution in [3.8, 4) is 0 Å². The molecule has 0 aliphatic carbocycles. The molecule has 0 radical (unpaired) electrons. The Bertz CT molecular complexity index is 793. The van der Waals surface area contributed by atoms with Crippen LogP contribution in [0.3, 0.4) is 0 Å². The third-order valence-corrected chi connectivity index (χ3v) is 4.26. The van der Waals surface area contributed by atoms with E-state index in [-0.39, 0.29) is 23.3 Å². The Kier molecular flexibility index (Phi) is 4.02. The highest BCUT2D eigenvalue weighted by molar-refractivity contribution is 5.91. The van der Waals surface area contributed by atoms with Crippen molar-refractivity contribution in [3.63, 3.8) is 0 Å². The van der Waals surface area contributed by atoms with Crippen LogP contribution in [0.1, 0.15) is 59.1 Å². The molecule has 1 amide bonds. The summed E-state index contributed by atoms with van der Waals surface area (Å²) in [5.41, 5.74) is 1.96. The van der Waals surface area contributed by atoms with Crippen molar-refractivity contribution in [2.45, 2.75) is 46.1 Å².